The molecular formula is C15H22FN3O. The number of nitrogens with one attached hydrogen (secondary N) is 1. The average Bonchev–Trinajstić information content (AvgIpc) is 2.88. The molecule has 5 heteroatoms. The van der Waals surface area contributed by atoms with Crippen LogP contribution >= 0.6 is 0 Å². The Morgan fingerprint density at radius 2 is 2.35 bits per heavy atom. The number of rotatable bonds is 5. The molecule has 0 aliphatic carbocycles. The zero-order valence-corrected chi connectivity index (χ0v) is 11.9. The van der Waals surface area contributed by atoms with E-state index in [1.807, 2.05) is 0 Å². The average molecular weight is 279 g/mol. The third kappa shape index (κ3) is 3.93. The van der Waals surface area contributed by atoms with E-state index in [4.69, 9.17) is 5.73 Å². The molecule has 1 atom stereocenters. The van der Waals surface area contributed by atoms with E-state index in [0.717, 1.165) is 25.6 Å². The van der Waals surface area contributed by atoms with Crippen molar-refractivity contribution in [3.8, 4) is 0 Å². The van der Waals surface area contributed by atoms with Crippen molar-refractivity contribution >= 4 is 17.3 Å². The van der Waals surface area contributed by atoms with E-state index in [9.17, 15) is 9.18 Å². The number of hydrogen-bond donors (Lipinski definition) is 2. The Kier molecular flexibility index (Phi) is 4.95. The molecule has 0 radical (unpaired) electrons. The molecule has 20 heavy (non-hydrogen) atoms. The van der Waals surface area contributed by atoms with E-state index in [0.29, 0.717) is 12.1 Å². The van der Waals surface area contributed by atoms with Gasteiger partial charge in [-0.2, -0.15) is 0 Å². The van der Waals surface area contributed by atoms with Crippen LogP contribution in [0.4, 0.5) is 15.8 Å². The smallest absolute Gasteiger partial charge is 0.225 e. The van der Waals surface area contributed by atoms with Crippen molar-refractivity contribution in [1.29, 1.82) is 0 Å². The van der Waals surface area contributed by atoms with Crippen LogP contribution in [0.5, 0.6) is 0 Å². The van der Waals surface area contributed by atoms with Gasteiger partial charge in [0.05, 0.1) is 11.4 Å². The lowest BCUT2D eigenvalue weighted by Crippen LogP contribution is -2.26. The fraction of sp³-hybridized carbons (Fsp3) is 0.533. The van der Waals surface area contributed by atoms with Crippen LogP contribution in [0, 0.1) is 11.7 Å². The van der Waals surface area contributed by atoms with Crippen LogP contribution in [0.15, 0.2) is 18.2 Å². The van der Waals surface area contributed by atoms with Gasteiger partial charge in [0.1, 0.15) is 5.82 Å². The zero-order chi connectivity index (χ0) is 14.5. The van der Waals surface area contributed by atoms with E-state index in [2.05, 4.69) is 17.1 Å². The van der Waals surface area contributed by atoms with Gasteiger partial charge in [-0.25, -0.2) is 4.39 Å². The van der Waals surface area contributed by atoms with Crippen LogP contribution in [0.3, 0.4) is 0 Å². The lowest BCUT2D eigenvalue weighted by Gasteiger charge is -2.15. The standard InChI is InChI=1S/C15H22FN3O/c1-2-11-5-7-19(10-11)8-6-15(20)18-14-4-3-12(16)9-13(14)17/h3-4,9,11H,2,5-8,10,17H2,1H3,(H,18,20). The number of carbonyl (C=O) groups excluding carboxylic acids is 1. The summed E-state index contributed by atoms with van der Waals surface area (Å²) in [5.41, 5.74) is 6.39. The van der Waals surface area contributed by atoms with E-state index < -0.39 is 5.82 Å². The number of anilines is 2. The van der Waals surface area contributed by atoms with E-state index in [-0.39, 0.29) is 11.6 Å². The highest BCUT2D eigenvalue weighted by molar-refractivity contribution is 5.93. The Morgan fingerprint density at radius 1 is 1.55 bits per heavy atom. The molecule has 1 aromatic carbocycles. The van der Waals surface area contributed by atoms with Gasteiger partial charge in [-0.15, -0.1) is 0 Å². The number of nitrogen functional groups attached to an aromatic ring is 1. The number of halogens is 1. The number of likely N-dealkylation sites (tertiary alicyclic amines) is 1. The van der Waals surface area contributed by atoms with Crippen molar-refractivity contribution < 1.29 is 9.18 Å². The molecule has 1 amide bonds. The summed E-state index contributed by atoms with van der Waals surface area (Å²) in [6.45, 7) is 5.13. The molecule has 1 heterocycles. The minimum Gasteiger partial charge on any atom is -0.397 e. The molecule has 3 N–H and O–H groups in total. The Bertz CT molecular complexity index is 478. The third-order valence-corrected chi connectivity index (χ3v) is 3.89. The van der Waals surface area contributed by atoms with E-state index in [1.54, 1.807) is 0 Å². The Morgan fingerprint density at radius 3 is 3.00 bits per heavy atom. The number of benzene rings is 1. The topological polar surface area (TPSA) is 58.4 Å². The normalized spacial score (nSPS) is 19.2. The molecule has 0 spiro atoms. The predicted molar refractivity (Wildman–Crippen MR) is 78.9 cm³/mol. The summed E-state index contributed by atoms with van der Waals surface area (Å²) >= 11 is 0. The summed E-state index contributed by atoms with van der Waals surface area (Å²) in [4.78, 5) is 14.2. The first-order valence-electron chi connectivity index (χ1n) is 7.15. The van der Waals surface area contributed by atoms with Crippen molar-refractivity contribution in [2.24, 2.45) is 5.92 Å². The molecule has 1 fully saturated rings. The largest absolute Gasteiger partial charge is 0.397 e. The predicted octanol–water partition coefficient (Wildman–Crippen LogP) is 2.47. The molecule has 110 valence electrons. The van der Waals surface area contributed by atoms with Crippen LogP contribution in [0.25, 0.3) is 0 Å². The molecule has 0 bridgehead atoms. The second-order valence-corrected chi connectivity index (χ2v) is 5.39. The molecule has 1 unspecified atom stereocenters. The van der Waals surface area contributed by atoms with E-state index >= 15 is 0 Å². The number of carbonyl (C=O) groups is 1. The van der Waals surface area contributed by atoms with Gasteiger partial charge < -0.3 is 16.0 Å². The number of hydrogen-bond acceptors (Lipinski definition) is 3. The molecule has 1 aromatic rings. The van der Waals surface area contributed by atoms with Crippen molar-refractivity contribution in [2.75, 3.05) is 30.7 Å². The van der Waals surface area contributed by atoms with Crippen molar-refractivity contribution in [3.05, 3.63) is 24.0 Å². The number of nitrogens with zero attached hydrogens (tertiary/aromatic N) is 1. The molecule has 2 rings (SSSR count). The van der Waals surface area contributed by atoms with Gasteiger partial charge in [0.15, 0.2) is 0 Å². The van der Waals surface area contributed by atoms with Crippen molar-refractivity contribution in [3.63, 3.8) is 0 Å². The summed E-state index contributed by atoms with van der Waals surface area (Å²) in [5.74, 6) is 0.289. The highest BCUT2D eigenvalue weighted by Crippen LogP contribution is 2.20. The summed E-state index contributed by atoms with van der Waals surface area (Å²) in [6.07, 6.45) is 2.87. The molecule has 1 saturated heterocycles. The summed E-state index contributed by atoms with van der Waals surface area (Å²) in [6, 6.07) is 3.99. The van der Waals surface area contributed by atoms with Gasteiger partial charge in [0, 0.05) is 19.5 Å². The van der Waals surface area contributed by atoms with Gasteiger partial charge >= 0.3 is 0 Å². The quantitative estimate of drug-likeness (QED) is 0.814. The van der Waals surface area contributed by atoms with Crippen molar-refractivity contribution in [2.45, 2.75) is 26.2 Å². The lowest BCUT2D eigenvalue weighted by molar-refractivity contribution is -0.116. The van der Waals surface area contributed by atoms with E-state index in [1.165, 1.54) is 31.0 Å². The minimum atomic E-state index is -0.400. The van der Waals surface area contributed by atoms with Crippen LogP contribution in [-0.2, 0) is 4.79 Å². The second-order valence-electron chi connectivity index (χ2n) is 5.39. The van der Waals surface area contributed by atoms with Crippen LogP contribution in [0.2, 0.25) is 0 Å². The fourth-order valence-corrected chi connectivity index (χ4v) is 2.57. The molecule has 1 aliphatic heterocycles. The monoisotopic (exact) mass is 279 g/mol. The Balaban J connectivity index is 1.78. The Labute approximate surface area is 119 Å². The van der Waals surface area contributed by atoms with Crippen molar-refractivity contribution in [1.82, 2.24) is 4.90 Å². The van der Waals surface area contributed by atoms with Gasteiger partial charge in [-0.3, -0.25) is 4.79 Å². The van der Waals surface area contributed by atoms with Crippen LogP contribution in [-0.4, -0.2) is 30.4 Å². The molecule has 0 aromatic heterocycles. The second kappa shape index (κ2) is 6.70. The maximum atomic E-state index is 12.9. The first-order chi connectivity index (χ1) is 9.58. The fourth-order valence-electron chi connectivity index (χ4n) is 2.57. The Hall–Kier alpha value is -1.62. The maximum absolute atomic E-state index is 12.9. The maximum Gasteiger partial charge on any atom is 0.225 e. The molecular weight excluding hydrogens is 257 g/mol. The van der Waals surface area contributed by atoms with Crippen LogP contribution in [0.1, 0.15) is 26.2 Å². The zero-order valence-electron chi connectivity index (χ0n) is 11.9. The van der Waals surface area contributed by atoms with Crippen LogP contribution < -0.4 is 11.1 Å². The summed E-state index contributed by atoms with van der Waals surface area (Å²) in [7, 11) is 0. The molecule has 0 saturated carbocycles. The molecule has 1 aliphatic rings. The van der Waals surface area contributed by atoms with Gasteiger partial charge in [0.2, 0.25) is 5.91 Å². The highest BCUT2D eigenvalue weighted by atomic mass is 19.1. The highest BCUT2D eigenvalue weighted by Gasteiger charge is 2.21. The first-order valence-corrected chi connectivity index (χ1v) is 7.15. The number of amides is 1. The van der Waals surface area contributed by atoms with Gasteiger partial charge in [-0.05, 0) is 37.1 Å². The lowest BCUT2D eigenvalue weighted by atomic mass is 10.1. The third-order valence-electron chi connectivity index (χ3n) is 3.89. The SMILES string of the molecule is CCC1CCN(CCC(=O)Nc2ccc(F)cc2N)C1. The molecule has 4 nitrogen and oxygen atoms in total. The summed E-state index contributed by atoms with van der Waals surface area (Å²) in [5, 5.41) is 2.73. The summed E-state index contributed by atoms with van der Waals surface area (Å²) < 4.78 is 12.9. The minimum absolute atomic E-state index is 0.0803. The van der Waals surface area contributed by atoms with Gasteiger partial charge in [-0.1, -0.05) is 13.3 Å². The van der Waals surface area contributed by atoms with Gasteiger partial charge in [0.25, 0.3) is 0 Å². The first kappa shape index (κ1) is 14.8. The number of nitrogens with two attached hydrogens (primary N) is 1.